The molecule has 6 nitrogen and oxygen atoms in total. The molecule has 0 aliphatic carbocycles. The van der Waals surface area contributed by atoms with E-state index in [0.717, 1.165) is 5.69 Å². The van der Waals surface area contributed by atoms with Crippen molar-refractivity contribution in [3.05, 3.63) is 52.6 Å². The maximum atomic E-state index is 12.2. The van der Waals surface area contributed by atoms with Gasteiger partial charge in [0.2, 0.25) is 10.0 Å². The van der Waals surface area contributed by atoms with Crippen molar-refractivity contribution in [1.29, 1.82) is 0 Å². The van der Waals surface area contributed by atoms with E-state index in [1.54, 1.807) is 13.1 Å². The van der Waals surface area contributed by atoms with Gasteiger partial charge in [0, 0.05) is 11.2 Å². The van der Waals surface area contributed by atoms with Crippen LogP contribution in [0, 0.1) is 6.92 Å². The highest BCUT2D eigenvalue weighted by Crippen LogP contribution is 2.20. The molecule has 0 saturated carbocycles. The fourth-order valence-corrected chi connectivity index (χ4v) is 2.83. The third kappa shape index (κ3) is 3.98. The molecule has 112 valence electrons. The Labute approximate surface area is 127 Å². The van der Waals surface area contributed by atoms with E-state index in [1.807, 2.05) is 0 Å². The number of hydrogen-bond acceptors (Lipinski definition) is 5. The number of nitrogens with zero attached hydrogens (tertiary/aromatic N) is 2. The standard InChI is InChI=1S/C13H14ClN3O3S/c1-9-5-16-11(6-15-9)7-17-21(19,20)12-2-3-13(14)10(4-12)8-18/h2-6,17-18H,7-8H2,1H3. The highest BCUT2D eigenvalue weighted by molar-refractivity contribution is 7.89. The minimum Gasteiger partial charge on any atom is -0.392 e. The molecule has 2 N–H and O–H groups in total. The van der Waals surface area contributed by atoms with E-state index in [-0.39, 0.29) is 18.0 Å². The summed E-state index contributed by atoms with van der Waals surface area (Å²) < 4.78 is 26.8. The van der Waals surface area contributed by atoms with E-state index in [0.29, 0.717) is 16.3 Å². The summed E-state index contributed by atoms with van der Waals surface area (Å²) in [7, 11) is -3.71. The summed E-state index contributed by atoms with van der Waals surface area (Å²) in [5.74, 6) is 0. The van der Waals surface area contributed by atoms with Crippen LogP contribution in [0.1, 0.15) is 17.0 Å². The average molecular weight is 328 g/mol. The molecule has 2 aromatic rings. The van der Waals surface area contributed by atoms with Crippen molar-refractivity contribution in [2.75, 3.05) is 0 Å². The van der Waals surface area contributed by atoms with Crippen LogP contribution in [0.4, 0.5) is 0 Å². The summed E-state index contributed by atoms with van der Waals surface area (Å²) in [6, 6.07) is 4.16. The first-order valence-corrected chi connectivity index (χ1v) is 7.95. The van der Waals surface area contributed by atoms with E-state index >= 15 is 0 Å². The Morgan fingerprint density at radius 3 is 2.67 bits per heavy atom. The molecule has 0 bridgehead atoms. The Hall–Kier alpha value is -1.54. The van der Waals surface area contributed by atoms with Gasteiger partial charge in [-0.15, -0.1) is 0 Å². The summed E-state index contributed by atoms with van der Waals surface area (Å²) >= 11 is 5.84. The molecular weight excluding hydrogens is 314 g/mol. The minimum atomic E-state index is -3.71. The molecule has 1 aromatic heterocycles. The predicted molar refractivity (Wildman–Crippen MR) is 78.2 cm³/mol. The molecule has 2 rings (SSSR count). The molecule has 1 aromatic carbocycles. The number of rotatable bonds is 5. The van der Waals surface area contributed by atoms with Gasteiger partial charge in [0.15, 0.2) is 0 Å². The van der Waals surface area contributed by atoms with Crippen LogP contribution in [0.25, 0.3) is 0 Å². The number of nitrogens with one attached hydrogen (secondary N) is 1. The van der Waals surface area contributed by atoms with Crippen molar-refractivity contribution in [2.24, 2.45) is 0 Å². The molecule has 0 spiro atoms. The largest absolute Gasteiger partial charge is 0.392 e. The molecule has 0 aliphatic rings. The molecule has 1 heterocycles. The van der Waals surface area contributed by atoms with Gasteiger partial charge >= 0.3 is 0 Å². The number of benzene rings is 1. The number of aromatic nitrogens is 2. The number of aryl methyl sites for hydroxylation is 1. The molecule has 0 atom stereocenters. The van der Waals surface area contributed by atoms with Gasteiger partial charge in [0.1, 0.15) is 0 Å². The molecule has 0 saturated heterocycles. The van der Waals surface area contributed by atoms with Crippen LogP contribution in [0.3, 0.4) is 0 Å². The second kappa shape index (κ2) is 6.48. The number of halogens is 1. The van der Waals surface area contributed by atoms with E-state index in [2.05, 4.69) is 14.7 Å². The molecule has 8 heteroatoms. The van der Waals surface area contributed by atoms with Gasteiger partial charge in [-0.05, 0) is 30.7 Å². The third-order valence-electron chi connectivity index (χ3n) is 2.78. The van der Waals surface area contributed by atoms with Crippen molar-refractivity contribution in [3.8, 4) is 0 Å². The zero-order valence-corrected chi connectivity index (χ0v) is 12.8. The second-order valence-electron chi connectivity index (χ2n) is 4.38. The maximum absolute atomic E-state index is 12.2. The lowest BCUT2D eigenvalue weighted by Gasteiger charge is -2.08. The van der Waals surface area contributed by atoms with Gasteiger partial charge in [-0.2, -0.15) is 0 Å². The van der Waals surface area contributed by atoms with E-state index < -0.39 is 10.0 Å². The highest BCUT2D eigenvalue weighted by Gasteiger charge is 2.15. The molecule has 0 aliphatic heterocycles. The first-order chi connectivity index (χ1) is 9.92. The fourth-order valence-electron chi connectivity index (χ4n) is 1.60. The summed E-state index contributed by atoms with van der Waals surface area (Å²) in [5.41, 5.74) is 1.63. The Morgan fingerprint density at radius 1 is 1.29 bits per heavy atom. The predicted octanol–water partition coefficient (Wildman–Crippen LogP) is 1.41. The second-order valence-corrected chi connectivity index (χ2v) is 6.56. The fraction of sp³-hybridized carbons (Fsp3) is 0.231. The lowest BCUT2D eigenvalue weighted by Crippen LogP contribution is -2.24. The van der Waals surface area contributed by atoms with Crippen molar-refractivity contribution >= 4 is 21.6 Å². The topological polar surface area (TPSA) is 92.2 Å². The summed E-state index contributed by atoms with van der Waals surface area (Å²) in [6.45, 7) is 1.50. The van der Waals surface area contributed by atoms with Gasteiger partial charge in [0.05, 0.1) is 35.6 Å². The normalized spacial score (nSPS) is 11.6. The summed E-state index contributed by atoms with van der Waals surface area (Å²) in [5, 5.41) is 9.44. The van der Waals surface area contributed by atoms with E-state index in [1.165, 1.54) is 24.4 Å². The maximum Gasteiger partial charge on any atom is 0.240 e. The first kappa shape index (κ1) is 15.8. The number of aliphatic hydroxyl groups is 1. The number of hydrogen-bond donors (Lipinski definition) is 2. The van der Waals surface area contributed by atoms with Crippen molar-refractivity contribution in [3.63, 3.8) is 0 Å². The third-order valence-corrected chi connectivity index (χ3v) is 4.54. The van der Waals surface area contributed by atoms with Crippen LogP contribution in [0.15, 0.2) is 35.5 Å². The lowest BCUT2D eigenvalue weighted by atomic mass is 10.2. The van der Waals surface area contributed by atoms with Crippen molar-refractivity contribution in [1.82, 2.24) is 14.7 Å². The van der Waals surface area contributed by atoms with E-state index in [4.69, 9.17) is 16.7 Å². The van der Waals surface area contributed by atoms with Gasteiger partial charge in [-0.1, -0.05) is 11.6 Å². The smallest absolute Gasteiger partial charge is 0.240 e. The Bertz CT molecular complexity index is 733. The summed E-state index contributed by atoms with van der Waals surface area (Å²) in [4.78, 5) is 8.15. The highest BCUT2D eigenvalue weighted by atomic mass is 35.5. The van der Waals surface area contributed by atoms with E-state index in [9.17, 15) is 8.42 Å². The zero-order chi connectivity index (χ0) is 15.5. The van der Waals surface area contributed by atoms with Gasteiger partial charge in [-0.3, -0.25) is 9.97 Å². The number of aliphatic hydroxyl groups excluding tert-OH is 1. The summed E-state index contributed by atoms with van der Waals surface area (Å²) in [6.07, 6.45) is 3.08. The van der Waals surface area contributed by atoms with Crippen LogP contribution in [-0.4, -0.2) is 23.5 Å². The lowest BCUT2D eigenvalue weighted by molar-refractivity contribution is 0.281. The molecule has 0 amide bonds. The number of sulfonamides is 1. The van der Waals surface area contributed by atoms with Crippen molar-refractivity contribution < 1.29 is 13.5 Å². The SMILES string of the molecule is Cc1cnc(CNS(=O)(=O)c2ccc(Cl)c(CO)c2)cn1. The Kier molecular flexibility index (Phi) is 4.89. The molecule has 0 unspecified atom stereocenters. The van der Waals surface area contributed by atoms with Crippen LogP contribution in [0.2, 0.25) is 5.02 Å². The Balaban J connectivity index is 2.16. The van der Waals surface area contributed by atoms with Crippen LogP contribution in [0.5, 0.6) is 0 Å². The van der Waals surface area contributed by atoms with Gasteiger partial charge < -0.3 is 5.11 Å². The molecule has 0 radical (unpaired) electrons. The van der Waals surface area contributed by atoms with Gasteiger partial charge in [0.25, 0.3) is 0 Å². The van der Waals surface area contributed by atoms with Crippen LogP contribution < -0.4 is 4.72 Å². The molecule has 0 fully saturated rings. The molecular formula is C13H14ClN3O3S. The monoisotopic (exact) mass is 327 g/mol. The van der Waals surface area contributed by atoms with Crippen LogP contribution in [-0.2, 0) is 23.2 Å². The molecule has 21 heavy (non-hydrogen) atoms. The van der Waals surface area contributed by atoms with Crippen LogP contribution >= 0.6 is 11.6 Å². The average Bonchev–Trinajstić information content (AvgIpc) is 2.47. The van der Waals surface area contributed by atoms with Crippen molar-refractivity contribution in [2.45, 2.75) is 25.0 Å². The minimum absolute atomic E-state index is 0.0344. The quantitative estimate of drug-likeness (QED) is 0.866. The zero-order valence-electron chi connectivity index (χ0n) is 11.2. The van der Waals surface area contributed by atoms with Gasteiger partial charge in [-0.25, -0.2) is 13.1 Å². The Morgan fingerprint density at radius 2 is 2.05 bits per heavy atom. The first-order valence-electron chi connectivity index (χ1n) is 6.09.